The highest BCUT2D eigenvalue weighted by molar-refractivity contribution is 7.84. The maximum absolute atomic E-state index is 13.2. The molecule has 0 amide bonds. The van der Waals surface area contributed by atoms with Gasteiger partial charge >= 0.3 is 16.3 Å². The average Bonchev–Trinajstić information content (AvgIpc) is 3.56. The van der Waals surface area contributed by atoms with Crippen molar-refractivity contribution in [2.45, 2.75) is 65.8 Å². The summed E-state index contributed by atoms with van der Waals surface area (Å²) in [5.41, 5.74) is 8.10. The molecule has 0 aliphatic carbocycles. The van der Waals surface area contributed by atoms with E-state index in [2.05, 4.69) is 10.3 Å². The lowest BCUT2D eigenvalue weighted by molar-refractivity contribution is -0.143. The number of hydrogen-bond acceptors (Lipinski definition) is 9. The van der Waals surface area contributed by atoms with E-state index in [4.69, 9.17) is 18.4 Å². The first-order chi connectivity index (χ1) is 25.2. The molecule has 0 spiro atoms. The summed E-state index contributed by atoms with van der Waals surface area (Å²) in [7, 11) is -4.11. The first-order valence-electron chi connectivity index (χ1n) is 17.5. The molecule has 1 unspecified atom stereocenters. The van der Waals surface area contributed by atoms with E-state index in [1.165, 1.54) is 4.31 Å². The third-order valence-corrected chi connectivity index (χ3v) is 10.4. The van der Waals surface area contributed by atoms with Gasteiger partial charge in [0.1, 0.15) is 12.1 Å². The van der Waals surface area contributed by atoms with E-state index in [-0.39, 0.29) is 50.6 Å². The lowest BCUT2D eigenvalue weighted by Crippen LogP contribution is -2.36. The van der Waals surface area contributed by atoms with Crippen LogP contribution in [0, 0.1) is 13.8 Å². The molecule has 0 bridgehead atoms. The second kappa shape index (κ2) is 17.0. The number of rotatable bonds is 16. The molecule has 0 saturated heterocycles. The first-order valence-corrected chi connectivity index (χ1v) is 18.8. The highest BCUT2D eigenvalue weighted by Crippen LogP contribution is 2.35. The molecule has 12 heteroatoms. The highest BCUT2D eigenvalue weighted by atomic mass is 32.2. The molecule has 0 fully saturated rings. The molecule has 4 aromatic carbocycles. The fourth-order valence-electron chi connectivity index (χ4n) is 6.28. The Hall–Kier alpha value is -5.04. The van der Waals surface area contributed by atoms with Crippen LogP contribution in [-0.2, 0) is 59.8 Å². The van der Waals surface area contributed by atoms with Crippen molar-refractivity contribution in [3.63, 3.8) is 0 Å². The van der Waals surface area contributed by atoms with Crippen molar-refractivity contribution in [1.29, 1.82) is 0 Å². The maximum Gasteiger partial charge on any atom is 0.388 e. The van der Waals surface area contributed by atoms with Gasteiger partial charge in [-0.25, -0.2) is 4.68 Å². The van der Waals surface area contributed by atoms with Gasteiger partial charge in [0.05, 0.1) is 25.2 Å². The van der Waals surface area contributed by atoms with Gasteiger partial charge in [-0.3, -0.25) is 4.79 Å². The van der Waals surface area contributed by atoms with Gasteiger partial charge in [0.25, 0.3) is 5.95 Å². The molecule has 272 valence electrons. The van der Waals surface area contributed by atoms with Crippen LogP contribution in [-0.4, -0.2) is 53.4 Å². The summed E-state index contributed by atoms with van der Waals surface area (Å²) in [6.07, 6.45) is 2.50. The fraction of sp³-hybridized carbons (Fsp3) is 0.325. The van der Waals surface area contributed by atoms with Gasteiger partial charge in [-0.15, -0.1) is 5.10 Å². The Morgan fingerprint density at radius 3 is 2.38 bits per heavy atom. The van der Waals surface area contributed by atoms with Gasteiger partial charge in [0.15, 0.2) is 0 Å². The Morgan fingerprint density at radius 2 is 1.67 bits per heavy atom. The Kier molecular flexibility index (Phi) is 12.0. The number of carbonyl (C=O) groups is 1. The number of aromatic nitrogens is 3. The number of ether oxygens (including phenoxy) is 3. The van der Waals surface area contributed by atoms with Crippen LogP contribution in [0.4, 0.5) is 0 Å². The van der Waals surface area contributed by atoms with E-state index >= 15 is 0 Å². The first kappa shape index (κ1) is 36.7. The van der Waals surface area contributed by atoms with Crippen LogP contribution in [0.25, 0.3) is 11.0 Å². The molecule has 11 nitrogen and oxygen atoms in total. The number of carbonyl (C=O) groups excluding carboxylic acids is 1. The van der Waals surface area contributed by atoms with Gasteiger partial charge in [-0.05, 0) is 72.2 Å². The van der Waals surface area contributed by atoms with Crippen LogP contribution >= 0.6 is 0 Å². The molecule has 0 radical (unpaired) electrons. The van der Waals surface area contributed by atoms with Gasteiger partial charge in [0, 0.05) is 38.2 Å². The molecule has 2 heterocycles. The SMILES string of the molecule is CCOC(=O)CC(c1ccc(C)c(CN2CC=C(OCc3ccccc3)OS2(=O)=O)c1)c1ccc2c(nnn2CCCOCc2ccccc2)c1C. The van der Waals surface area contributed by atoms with Crippen LogP contribution in [0.15, 0.2) is 103 Å². The summed E-state index contributed by atoms with van der Waals surface area (Å²) in [4.78, 5) is 13.0. The summed E-state index contributed by atoms with van der Waals surface area (Å²) >= 11 is 0. The van der Waals surface area contributed by atoms with E-state index in [0.717, 1.165) is 56.4 Å². The minimum absolute atomic E-state index is 0.0423. The Balaban J connectivity index is 1.19. The molecule has 1 atom stereocenters. The number of nitrogens with zero attached hydrogens (tertiary/aromatic N) is 4. The Bertz CT molecular complexity index is 2120. The third-order valence-electron chi connectivity index (χ3n) is 9.12. The second-order valence-electron chi connectivity index (χ2n) is 12.7. The fourth-order valence-corrected chi connectivity index (χ4v) is 7.27. The summed E-state index contributed by atoms with van der Waals surface area (Å²) in [5, 5.41) is 8.98. The largest absolute Gasteiger partial charge is 0.466 e. The van der Waals surface area contributed by atoms with Gasteiger partial charge in [-0.2, -0.15) is 12.7 Å². The van der Waals surface area contributed by atoms with Gasteiger partial charge < -0.3 is 18.4 Å². The molecule has 6 rings (SSSR count). The molecule has 5 aromatic rings. The van der Waals surface area contributed by atoms with Gasteiger partial charge in [0.2, 0.25) is 0 Å². The molecule has 0 saturated carbocycles. The third kappa shape index (κ3) is 9.05. The van der Waals surface area contributed by atoms with Crippen LogP contribution in [0.3, 0.4) is 0 Å². The standard InChI is InChI=1S/C40H44N4O7S/c1-4-49-38(45)25-36(35-18-19-37-40(30(35)3)41-42-44(37)21-11-23-48-27-31-12-7-5-8-13-31)33-17-16-29(2)34(24-33)26-43-22-20-39(51-52(43,46)47)50-28-32-14-9-6-10-15-32/h5-10,12-20,24,36H,4,11,21-23,25-28H2,1-3H3. The Morgan fingerprint density at radius 1 is 0.942 bits per heavy atom. The smallest absolute Gasteiger partial charge is 0.388 e. The lowest BCUT2D eigenvalue weighted by atomic mass is 9.84. The zero-order valence-corrected chi connectivity index (χ0v) is 30.6. The number of hydrogen-bond donors (Lipinski definition) is 0. The van der Waals surface area contributed by atoms with Crippen LogP contribution in [0.5, 0.6) is 0 Å². The van der Waals surface area contributed by atoms with Gasteiger partial charge in [-0.1, -0.05) is 90.1 Å². The molecule has 52 heavy (non-hydrogen) atoms. The van der Waals surface area contributed by atoms with Crippen molar-refractivity contribution >= 4 is 27.3 Å². The van der Waals surface area contributed by atoms with Crippen LogP contribution in [0.2, 0.25) is 0 Å². The lowest BCUT2D eigenvalue weighted by Gasteiger charge is -2.26. The number of fused-ring (bicyclic) bond motifs is 1. The number of benzene rings is 4. The quantitative estimate of drug-likeness (QED) is 0.0792. The normalized spacial score (nSPS) is 14.8. The predicted molar refractivity (Wildman–Crippen MR) is 197 cm³/mol. The average molecular weight is 725 g/mol. The van der Waals surface area contributed by atoms with Crippen molar-refractivity contribution < 1.29 is 31.6 Å². The van der Waals surface area contributed by atoms with E-state index < -0.39 is 10.3 Å². The predicted octanol–water partition coefficient (Wildman–Crippen LogP) is 6.88. The minimum atomic E-state index is -4.11. The molecular weight excluding hydrogens is 681 g/mol. The van der Waals surface area contributed by atoms with E-state index in [0.29, 0.717) is 19.8 Å². The molecule has 1 aromatic heterocycles. The molecule has 0 N–H and O–H groups in total. The molecular formula is C40H44N4O7S. The molecule has 1 aliphatic heterocycles. The summed E-state index contributed by atoms with van der Waals surface area (Å²) in [6.45, 7) is 8.15. The van der Waals surface area contributed by atoms with Crippen molar-refractivity contribution in [2.24, 2.45) is 0 Å². The van der Waals surface area contributed by atoms with Crippen molar-refractivity contribution in [3.05, 3.63) is 142 Å². The van der Waals surface area contributed by atoms with Crippen LogP contribution < -0.4 is 0 Å². The maximum atomic E-state index is 13.2. The van der Waals surface area contributed by atoms with Crippen molar-refractivity contribution in [3.8, 4) is 0 Å². The summed E-state index contributed by atoms with van der Waals surface area (Å²) < 4.78 is 51.8. The number of esters is 1. The van der Waals surface area contributed by atoms with Crippen LogP contribution in [0.1, 0.15) is 64.6 Å². The zero-order chi connectivity index (χ0) is 36.5. The highest BCUT2D eigenvalue weighted by Gasteiger charge is 2.31. The zero-order valence-electron chi connectivity index (χ0n) is 29.7. The van der Waals surface area contributed by atoms with Crippen molar-refractivity contribution in [2.75, 3.05) is 19.8 Å². The monoisotopic (exact) mass is 724 g/mol. The minimum Gasteiger partial charge on any atom is -0.466 e. The molecule has 1 aliphatic rings. The topological polar surface area (TPSA) is 122 Å². The van der Waals surface area contributed by atoms with E-state index in [9.17, 15) is 13.2 Å². The summed E-state index contributed by atoms with van der Waals surface area (Å²) in [5.74, 6) is -0.737. The Labute approximate surface area is 305 Å². The van der Waals surface area contributed by atoms with Crippen molar-refractivity contribution in [1.82, 2.24) is 19.3 Å². The van der Waals surface area contributed by atoms with E-state index in [1.807, 2.05) is 110 Å². The second-order valence-corrected chi connectivity index (χ2v) is 14.3. The van der Waals surface area contributed by atoms with E-state index in [1.54, 1.807) is 13.0 Å². The summed E-state index contributed by atoms with van der Waals surface area (Å²) in [6, 6.07) is 29.5. The number of aryl methyl sites for hydroxylation is 3.